The minimum absolute atomic E-state index is 0.101. The first-order chi connectivity index (χ1) is 12.4. The van der Waals surface area contributed by atoms with Gasteiger partial charge in [0.15, 0.2) is 0 Å². The predicted molar refractivity (Wildman–Crippen MR) is 99.3 cm³/mol. The second kappa shape index (κ2) is 7.04. The minimum atomic E-state index is -0.426. The zero-order valence-electron chi connectivity index (χ0n) is 15.4. The van der Waals surface area contributed by atoms with Gasteiger partial charge in [0.1, 0.15) is 29.2 Å². The highest BCUT2D eigenvalue weighted by atomic mass is 16.5. The predicted octanol–water partition coefficient (Wildman–Crippen LogP) is 2.94. The SMILES string of the molecule is CCOc1cc2c(cc1/C=N\n1c(C)cc(C)c(C#N)c1=O)O[C@H](C)C2. The van der Waals surface area contributed by atoms with Gasteiger partial charge in [-0.2, -0.15) is 10.4 Å². The van der Waals surface area contributed by atoms with Crippen LogP contribution in [-0.2, 0) is 6.42 Å². The van der Waals surface area contributed by atoms with Gasteiger partial charge < -0.3 is 9.47 Å². The lowest BCUT2D eigenvalue weighted by Crippen LogP contribution is -2.22. The smallest absolute Gasteiger partial charge is 0.289 e. The molecule has 0 radical (unpaired) electrons. The molecule has 0 unspecified atom stereocenters. The first-order valence-electron chi connectivity index (χ1n) is 8.58. The Bertz CT molecular complexity index is 983. The van der Waals surface area contributed by atoms with Crippen LogP contribution in [0.5, 0.6) is 11.5 Å². The van der Waals surface area contributed by atoms with Crippen LogP contribution in [0.25, 0.3) is 0 Å². The number of rotatable bonds is 4. The fourth-order valence-electron chi connectivity index (χ4n) is 3.12. The maximum Gasteiger partial charge on any atom is 0.289 e. The van der Waals surface area contributed by atoms with Crippen molar-refractivity contribution < 1.29 is 9.47 Å². The molecule has 1 aliphatic rings. The van der Waals surface area contributed by atoms with Gasteiger partial charge in [0.2, 0.25) is 0 Å². The summed E-state index contributed by atoms with van der Waals surface area (Å²) in [6.45, 7) is 7.99. The Kier molecular flexibility index (Phi) is 4.81. The molecule has 6 heteroatoms. The van der Waals surface area contributed by atoms with Gasteiger partial charge in [-0.05, 0) is 51.5 Å². The Labute approximate surface area is 152 Å². The van der Waals surface area contributed by atoms with E-state index in [1.165, 1.54) is 4.68 Å². The van der Waals surface area contributed by atoms with E-state index in [1.807, 2.05) is 32.0 Å². The van der Waals surface area contributed by atoms with Crippen LogP contribution in [0.1, 0.15) is 41.8 Å². The summed E-state index contributed by atoms with van der Waals surface area (Å²) in [5.74, 6) is 1.51. The normalized spacial score (nSPS) is 15.6. The number of pyridine rings is 1. The summed E-state index contributed by atoms with van der Waals surface area (Å²) in [5.41, 5.74) is 2.82. The van der Waals surface area contributed by atoms with Crippen LogP contribution in [0.3, 0.4) is 0 Å². The molecule has 0 bridgehead atoms. The van der Waals surface area contributed by atoms with Gasteiger partial charge in [0.25, 0.3) is 5.56 Å². The molecule has 0 saturated carbocycles. The molecule has 0 spiro atoms. The van der Waals surface area contributed by atoms with Crippen molar-refractivity contribution in [1.29, 1.82) is 5.26 Å². The first-order valence-corrected chi connectivity index (χ1v) is 8.58. The summed E-state index contributed by atoms with van der Waals surface area (Å²) in [7, 11) is 0. The molecule has 0 amide bonds. The van der Waals surface area contributed by atoms with E-state index in [-0.39, 0.29) is 11.7 Å². The van der Waals surface area contributed by atoms with Crippen molar-refractivity contribution in [3.05, 3.63) is 56.5 Å². The molecular weight excluding hydrogens is 330 g/mol. The summed E-state index contributed by atoms with van der Waals surface area (Å²) >= 11 is 0. The summed E-state index contributed by atoms with van der Waals surface area (Å²) in [6.07, 6.45) is 2.55. The molecule has 1 aliphatic heterocycles. The Balaban J connectivity index is 2.06. The Hall–Kier alpha value is -3.07. The second-order valence-corrected chi connectivity index (χ2v) is 6.38. The van der Waals surface area contributed by atoms with Crippen molar-refractivity contribution >= 4 is 6.21 Å². The van der Waals surface area contributed by atoms with Crippen molar-refractivity contribution in [1.82, 2.24) is 4.68 Å². The topological polar surface area (TPSA) is 76.6 Å². The molecule has 1 atom stereocenters. The molecule has 1 aromatic carbocycles. The van der Waals surface area contributed by atoms with Gasteiger partial charge in [-0.3, -0.25) is 4.79 Å². The molecule has 0 N–H and O–H groups in total. The molecule has 0 aliphatic carbocycles. The number of nitriles is 1. The van der Waals surface area contributed by atoms with Crippen molar-refractivity contribution in [3.8, 4) is 17.6 Å². The molecule has 134 valence electrons. The first kappa shape index (κ1) is 17.7. The molecule has 0 fully saturated rings. The molecule has 1 aromatic heterocycles. The van der Waals surface area contributed by atoms with E-state index >= 15 is 0 Å². The maximum atomic E-state index is 12.5. The zero-order valence-corrected chi connectivity index (χ0v) is 15.4. The lowest BCUT2D eigenvalue weighted by Gasteiger charge is -2.10. The van der Waals surface area contributed by atoms with E-state index in [9.17, 15) is 10.1 Å². The average Bonchev–Trinajstić information content (AvgIpc) is 2.94. The quantitative estimate of drug-likeness (QED) is 0.794. The van der Waals surface area contributed by atoms with Crippen molar-refractivity contribution in [2.75, 3.05) is 6.61 Å². The lowest BCUT2D eigenvalue weighted by atomic mass is 10.1. The maximum absolute atomic E-state index is 12.5. The van der Waals surface area contributed by atoms with Crippen molar-refractivity contribution in [2.45, 2.75) is 40.2 Å². The van der Waals surface area contributed by atoms with E-state index in [0.717, 1.165) is 23.3 Å². The highest BCUT2D eigenvalue weighted by molar-refractivity contribution is 5.84. The van der Waals surface area contributed by atoms with Gasteiger partial charge in [-0.25, -0.2) is 4.68 Å². The molecule has 6 nitrogen and oxygen atoms in total. The summed E-state index contributed by atoms with van der Waals surface area (Å²) in [6, 6.07) is 7.57. The molecule has 3 rings (SSSR count). The van der Waals surface area contributed by atoms with Crippen LogP contribution in [0.15, 0.2) is 28.1 Å². The monoisotopic (exact) mass is 351 g/mol. The van der Waals surface area contributed by atoms with Crippen molar-refractivity contribution in [3.63, 3.8) is 0 Å². The fraction of sp³-hybridized carbons (Fsp3) is 0.350. The van der Waals surface area contributed by atoms with Gasteiger partial charge in [0, 0.05) is 23.2 Å². The average molecular weight is 351 g/mol. The summed E-state index contributed by atoms with van der Waals surface area (Å²) < 4.78 is 12.8. The number of aromatic nitrogens is 1. The van der Waals surface area contributed by atoms with Gasteiger partial charge in [-0.15, -0.1) is 0 Å². The van der Waals surface area contributed by atoms with Gasteiger partial charge in [0.05, 0.1) is 12.8 Å². The number of aryl methyl sites for hydroxylation is 2. The number of hydrogen-bond donors (Lipinski definition) is 0. The van der Waals surface area contributed by atoms with Crippen LogP contribution in [0.2, 0.25) is 0 Å². The summed E-state index contributed by atoms with van der Waals surface area (Å²) in [4.78, 5) is 12.5. The van der Waals surface area contributed by atoms with Gasteiger partial charge >= 0.3 is 0 Å². The molecule has 0 saturated heterocycles. The molecule has 2 aromatic rings. The largest absolute Gasteiger partial charge is 0.493 e. The molecule has 26 heavy (non-hydrogen) atoms. The minimum Gasteiger partial charge on any atom is -0.493 e. The summed E-state index contributed by atoms with van der Waals surface area (Å²) in [5, 5.41) is 13.5. The Morgan fingerprint density at radius 2 is 2.19 bits per heavy atom. The van der Waals surface area contributed by atoms with Crippen LogP contribution in [0, 0.1) is 25.2 Å². The highest BCUT2D eigenvalue weighted by Crippen LogP contribution is 2.34. The number of nitrogens with zero attached hydrogens (tertiary/aromatic N) is 3. The number of ether oxygens (including phenoxy) is 2. The van der Waals surface area contributed by atoms with E-state index in [1.54, 1.807) is 26.1 Å². The highest BCUT2D eigenvalue weighted by Gasteiger charge is 2.21. The van der Waals surface area contributed by atoms with E-state index in [2.05, 4.69) is 5.10 Å². The third-order valence-electron chi connectivity index (χ3n) is 4.31. The van der Waals surface area contributed by atoms with Crippen LogP contribution >= 0.6 is 0 Å². The third-order valence-corrected chi connectivity index (χ3v) is 4.31. The van der Waals surface area contributed by atoms with Crippen LogP contribution < -0.4 is 15.0 Å². The van der Waals surface area contributed by atoms with Crippen molar-refractivity contribution in [2.24, 2.45) is 5.10 Å². The third kappa shape index (κ3) is 3.21. The second-order valence-electron chi connectivity index (χ2n) is 6.38. The zero-order chi connectivity index (χ0) is 18.8. The van der Waals surface area contributed by atoms with E-state index < -0.39 is 5.56 Å². The number of benzene rings is 1. The standard InChI is InChI=1S/C20H21N3O3/c1-5-25-18-8-15-7-14(4)26-19(15)9-16(18)11-22-23-13(3)6-12(2)17(10-21)20(23)24/h6,8-9,11,14H,5,7H2,1-4H3/b22-11-/t14-/m1/s1. The van der Waals surface area contributed by atoms with Crippen LogP contribution in [0.4, 0.5) is 0 Å². The van der Waals surface area contributed by atoms with Gasteiger partial charge in [-0.1, -0.05) is 0 Å². The number of fused-ring (bicyclic) bond motifs is 1. The Morgan fingerprint density at radius 3 is 2.88 bits per heavy atom. The van der Waals surface area contributed by atoms with Crippen LogP contribution in [-0.4, -0.2) is 23.6 Å². The Morgan fingerprint density at radius 1 is 1.42 bits per heavy atom. The molecule has 2 heterocycles. The number of hydrogen-bond acceptors (Lipinski definition) is 5. The molecular formula is C20H21N3O3. The fourth-order valence-corrected chi connectivity index (χ4v) is 3.12. The van der Waals surface area contributed by atoms with E-state index in [0.29, 0.717) is 23.6 Å². The lowest BCUT2D eigenvalue weighted by molar-refractivity contribution is 0.254. The van der Waals surface area contributed by atoms with E-state index in [4.69, 9.17) is 9.47 Å².